The third-order valence-electron chi connectivity index (χ3n) is 12.1. The summed E-state index contributed by atoms with van der Waals surface area (Å²) in [4.78, 5) is 14.7. The molecule has 0 radical (unpaired) electrons. The molecule has 5 rings (SSSR count). The minimum atomic E-state index is -3.80. The third kappa shape index (κ3) is 6.35. The van der Waals surface area contributed by atoms with E-state index in [-0.39, 0.29) is 33.7 Å². The maximum atomic E-state index is 13.3. The van der Waals surface area contributed by atoms with E-state index in [1.54, 1.807) is 12.1 Å². The van der Waals surface area contributed by atoms with Gasteiger partial charge in [-0.3, -0.25) is 4.79 Å². The van der Waals surface area contributed by atoms with Gasteiger partial charge >= 0.3 is 5.97 Å². The van der Waals surface area contributed by atoms with Gasteiger partial charge in [-0.25, -0.2) is 0 Å². The minimum Gasteiger partial charge on any atom is -0.462 e. The minimum absolute atomic E-state index is 0.0124. The Kier molecular flexibility index (Phi) is 9.25. The van der Waals surface area contributed by atoms with Crippen molar-refractivity contribution in [3.63, 3.8) is 0 Å². The lowest BCUT2D eigenvalue weighted by atomic mass is 9.46. The number of rotatable bonds is 9. The molecule has 8 atom stereocenters. The predicted molar refractivity (Wildman–Crippen MR) is 173 cm³/mol. The number of sulfonamides is 1. The summed E-state index contributed by atoms with van der Waals surface area (Å²) in [6.45, 7) is 15.5. The van der Waals surface area contributed by atoms with E-state index >= 15 is 0 Å². The van der Waals surface area contributed by atoms with Gasteiger partial charge in [0.15, 0.2) is 0 Å². The van der Waals surface area contributed by atoms with Crippen LogP contribution in [0.5, 0.6) is 0 Å². The number of ether oxygens (including phenoxy) is 1. The highest BCUT2D eigenvalue weighted by atomic mass is 32.2. The van der Waals surface area contributed by atoms with Crippen molar-refractivity contribution in [2.24, 2.45) is 51.4 Å². The first kappa shape index (κ1) is 32.2. The number of hydrazone groups is 1. The van der Waals surface area contributed by atoms with Crippen LogP contribution in [0.4, 0.5) is 0 Å². The number of esters is 1. The van der Waals surface area contributed by atoms with Gasteiger partial charge in [0.25, 0.3) is 10.0 Å². The summed E-state index contributed by atoms with van der Waals surface area (Å²) in [5, 5.41) is 4.77. The van der Waals surface area contributed by atoms with E-state index in [1.165, 1.54) is 51.0 Å². The lowest BCUT2D eigenvalue weighted by Crippen LogP contribution is -2.54. The Morgan fingerprint density at radius 2 is 1.74 bits per heavy atom. The molecule has 43 heavy (non-hydrogen) atoms. The van der Waals surface area contributed by atoms with Crippen LogP contribution in [0.3, 0.4) is 0 Å². The Labute approximate surface area is 260 Å². The molecule has 4 aliphatic rings. The molecule has 0 aromatic heterocycles. The van der Waals surface area contributed by atoms with Crippen LogP contribution < -0.4 is 4.83 Å². The lowest BCUT2D eigenvalue weighted by Gasteiger charge is -2.58. The van der Waals surface area contributed by atoms with Crippen LogP contribution in [0.25, 0.3) is 0 Å². The van der Waals surface area contributed by atoms with Crippen molar-refractivity contribution in [3.05, 3.63) is 41.5 Å². The second-order valence-corrected chi connectivity index (χ2v) is 16.9. The number of nitrogens with one attached hydrogen (secondary N) is 1. The molecule has 0 spiro atoms. The van der Waals surface area contributed by atoms with Crippen molar-refractivity contribution in [1.82, 2.24) is 4.83 Å². The molecule has 0 saturated heterocycles. The average Bonchev–Trinajstić information content (AvgIpc) is 3.29. The van der Waals surface area contributed by atoms with Crippen LogP contribution in [-0.2, 0) is 19.6 Å². The molecule has 238 valence electrons. The summed E-state index contributed by atoms with van der Waals surface area (Å²) >= 11 is 0. The van der Waals surface area contributed by atoms with Gasteiger partial charge in [0, 0.05) is 19.3 Å². The topological polar surface area (TPSA) is 84.8 Å². The monoisotopic (exact) mass is 610 g/mol. The molecule has 0 aliphatic heterocycles. The number of carbonyl (C=O) groups is 1. The molecule has 0 amide bonds. The number of hydrogen-bond acceptors (Lipinski definition) is 5. The van der Waals surface area contributed by atoms with Gasteiger partial charge in [0.2, 0.25) is 0 Å². The fraction of sp³-hybridized carbons (Fsp3) is 0.722. The average molecular weight is 611 g/mol. The molecule has 1 N–H and O–H groups in total. The fourth-order valence-electron chi connectivity index (χ4n) is 9.74. The number of nitrogens with zero attached hydrogens (tertiary/aromatic N) is 1. The summed E-state index contributed by atoms with van der Waals surface area (Å²) in [6.07, 6.45) is 13.3. The Morgan fingerprint density at radius 3 is 2.42 bits per heavy atom. The molecule has 8 unspecified atom stereocenters. The van der Waals surface area contributed by atoms with Gasteiger partial charge in [-0.2, -0.15) is 18.4 Å². The summed E-state index contributed by atoms with van der Waals surface area (Å²) < 4.78 is 32.4. The van der Waals surface area contributed by atoms with Crippen molar-refractivity contribution in [1.29, 1.82) is 0 Å². The maximum Gasteiger partial charge on any atom is 0.302 e. The highest BCUT2D eigenvalue weighted by Gasteiger charge is 2.61. The van der Waals surface area contributed by atoms with Crippen molar-refractivity contribution in [3.8, 4) is 0 Å². The van der Waals surface area contributed by atoms with E-state index in [4.69, 9.17) is 9.84 Å². The smallest absolute Gasteiger partial charge is 0.302 e. The number of allylic oxidation sites excluding steroid dienone is 1. The largest absolute Gasteiger partial charge is 0.462 e. The molecule has 7 heteroatoms. The molecule has 3 saturated carbocycles. The van der Waals surface area contributed by atoms with Gasteiger partial charge in [-0.05, 0) is 104 Å². The van der Waals surface area contributed by atoms with Crippen molar-refractivity contribution >= 4 is 21.7 Å². The quantitative estimate of drug-likeness (QED) is 0.226. The number of fused-ring (bicyclic) bond motifs is 5. The molecular weight excluding hydrogens is 556 g/mol. The van der Waals surface area contributed by atoms with Crippen LogP contribution >= 0.6 is 0 Å². The van der Waals surface area contributed by atoms with Crippen molar-refractivity contribution in [2.45, 2.75) is 124 Å². The first-order chi connectivity index (χ1) is 20.2. The molecule has 6 nitrogen and oxygen atoms in total. The molecule has 4 aliphatic carbocycles. The predicted octanol–water partition coefficient (Wildman–Crippen LogP) is 8.21. The number of hydrogen-bond donors (Lipinski definition) is 1. The molecule has 0 heterocycles. The van der Waals surface area contributed by atoms with Gasteiger partial charge in [0.1, 0.15) is 6.10 Å². The second kappa shape index (κ2) is 12.3. The molecule has 1 aromatic rings. The normalized spacial score (nSPS) is 35.5. The Balaban J connectivity index is 1.49. The van der Waals surface area contributed by atoms with E-state index in [0.29, 0.717) is 30.1 Å². The Bertz CT molecular complexity index is 1350. The van der Waals surface area contributed by atoms with Crippen LogP contribution in [0.15, 0.2) is 45.9 Å². The van der Waals surface area contributed by atoms with Crippen molar-refractivity contribution in [2.75, 3.05) is 0 Å². The Morgan fingerprint density at radius 1 is 1.02 bits per heavy atom. The van der Waals surface area contributed by atoms with Gasteiger partial charge in [0.05, 0.1) is 10.6 Å². The number of carbonyl (C=O) groups excluding carboxylic acids is 1. The van der Waals surface area contributed by atoms with Crippen LogP contribution in [-0.4, -0.2) is 26.2 Å². The summed E-state index contributed by atoms with van der Waals surface area (Å²) in [6, 6.07) is 6.91. The highest BCUT2D eigenvalue weighted by molar-refractivity contribution is 7.89. The molecule has 3 fully saturated rings. The fourth-order valence-corrected chi connectivity index (χ4v) is 10.6. The number of benzene rings is 1. The SMILES string of the molecule is CC(=O)OC1CCC2(C)C(=CC(=NNS(=O)(=O)c3ccc(C)cc3)C3C2CCC2(C)C(C(C)CCCC(C)C)CCC32)C1. The molecule has 1 aromatic carbocycles. The zero-order chi connectivity index (χ0) is 31.2. The van der Waals surface area contributed by atoms with Gasteiger partial charge < -0.3 is 4.74 Å². The summed E-state index contributed by atoms with van der Waals surface area (Å²) in [7, 11) is -3.80. The lowest BCUT2D eigenvalue weighted by molar-refractivity contribution is -0.148. The second-order valence-electron chi connectivity index (χ2n) is 15.3. The highest BCUT2D eigenvalue weighted by Crippen LogP contribution is 2.67. The zero-order valence-corrected chi connectivity index (χ0v) is 28.3. The van der Waals surface area contributed by atoms with E-state index < -0.39 is 10.0 Å². The van der Waals surface area contributed by atoms with E-state index in [1.807, 2.05) is 19.1 Å². The number of aryl methyl sites for hydroxylation is 1. The zero-order valence-electron chi connectivity index (χ0n) is 27.5. The van der Waals surface area contributed by atoms with Gasteiger partial charge in [-0.15, -0.1) is 0 Å². The van der Waals surface area contributed by atoms with E-state index in [0.717, 1.165) is 36.5 Å². The maximum absolute atomic E-state index is 13.3. The standard InChI is InChI=1S/C36H54N2O4S/c1-23(2)9-8-10-25(4)30-15-16-31-34-32(18-20-36(30,31)7)35(6)19-17-28(42-26(5)39)21-27(35)22-33(34)37-38-43(40,41)29-13-11-24(3)12-14-29/h11-14,22-23,25,28,30-32,34,38H,8-10,15-21H2,1-7H3. The first-order valence-corrected chi connectivity index (χ1v) is 18.3. The summed E-state index contributed by atoms with van der Waals surface area (Å²) in [5.74, 6) is 2.98. The Hall–Kier alpha value is -2.15. The molecular formula is C36H54N2O4S. The van der Waals surface area contributed by atoms with Crippen LogP contribution in [0.2, 0.25) is 0 Å². The van der Waals surface area contributed by atoms with Crippen LogP contribution in [0, 0.1) is 53.3 Å². The van der Waals surface area contributed by atoms with Crippen molar-refractivity contribution < 1.29 is 17.9 Å². The molecule has 0 bridgehead atoms. The third-order valence-corrected chi connectivity index (χ3v) is 13.3. The van der Waals surface area contributed by atoms with Gasteiger partial charge in [-0.1, -0.05) is 77.2 Å². The first-order valence-electron chi connectivity index (χ1n) is 16.8. The van der Waals surface area contributed by atoms with Crippen LogP contribution in [0.1, 0.15) is 111 Å². The summed E-state index contributed by atoms with van der Waals surface area (Å²) in [5.41, 5.74) is 3.39. The van der Waals surface area contributed by atoms with E-state index in [9.17, 15) is 13.2 Å². The van der Waals surface area contributed by atoms with E-state index in [2.05, 4.69) is 45.5 Å².